The van der Waals surface area contributed by atoms with Crippen LogP contribution < -0.4 is 16.4 Å². The van der Waals surface area contributed by atoms with Crippen LogP contribution in [0, 0.1) is 5.41 Å². The lowest BCUT2D eigenvalue weighted by Gasteiger charge is -2.19. The molecule has 8 nitrogen and oxygen atoms in total. The van der Waals surface area contributed by atoms with Crippen LogP contribution in [0.25, 0.3) is 16.7 Å². The lowest BCUT2D eigenvalue weighted by Crippen LogP contribution is -2.35. The minimum absolute atomic E-state index is 0.0241. The molecule has 1 amide bonds. The molecule has 0 fully saturated rings. The fourth-order valence-corrected chi connectivity index (χ4v) is 3.31. The Balaban J connectivity index is 1.93. The topological polar surface area (TPSA) is 105 Å². The van der Waals surface area contributed by atoms with Crippen LogP contribution in [0.2, 0.25) is 0 Å². The molecular weight excluding hydrogens is 370 g/mol. The third-order valence-corrected chi connectivity index (χ3v) is 5.04. The predicted molar refractivity (Wildman–Crippen MR) is 108 cm³/mol. The fourth-order valence-electron chi connectivity index (χ4n) is 3.31. The van der Waals surface area contributed by atoms with Gasteiger partial charge >= 0.3 is 0 Å². The van der Waals surface area contributed by atoms with Crippen molar-refractivity contribution in [2.45, 2.75) is 32.9 Å². The van der Waals surface area contributed by atoms with E-state index in [0.29, 0.717) is 22.4 Å². The molecule has 0 aliphatic rings. The number of carbonyl (C=O) groups excluding carboxylic acids is 1. The molecule has 0 bridgehead atoms. The Morgan fingerprint density at radius 1 is 1.31 bits per heavy atom. The third-order valence-electron chi connectivity index (χ3n) is 5.04. The number of pyridine rings is 2. The number of rotatable bonds is 5. The van der Waals surface area contributed by atoms with Crippen LogP contribution in [0.3, 0.4) is 0 Å². The lowest BCUT2D eigenvalue weighted by molar-refractivity contribution is 0.0945. The van der Waals surface area contributed by atoms with E-state index >= 15 is 0 Å². The molecule has 4 heterocycles. The molecule has 4 aromatic rings. The summed E-state index contributed by atoms with van der Waals surface area (Å²) in [5.41, 5.74) is 0.775. The van der Waals surface area contributed by atoms with Gasteiger partial charge in [0, 0.05) is 12.2 Å². The van der Waals surface area contributed by atoms with Crippen LogP contribution >= 0.6 is 0 Å². The first kappa shape index (κ1) is 18.7. The normalized spacial score (nSPS) is 12.3. The molecule has 148 valence electrons. The van der Waals surface area contributed by atoms with Crippen molar-refractivity contribution in [2.75, 3.05) is 0 Å². The molecule has 0 spiro atoms. The summed E-state index contributed by atoms with van der Waals surface area (Å²) in [6, 6.07) is 10.1. The lowest BCUT2D eigenvalue weighted by atomic mass is 10.1. The van der Waals surface area contributed by atoms with Gasteiger partial charge in [0.25, 0.3) is 11.5 Å². The Morgan fingerprint density at radius 2 is 2.14 bits per heavy atom. The van der Waals surface area contributed by atoms with Crippen molar-refractivity contribution < 1.29 is 9.21 Å². The van der Waals surface area contributed by atoms with Gasteiger partial charge in [-0.15, -0.1) is 0 Å². The zero-order valence-electron chi connectivity index (χ0n) is 16.2. The molecule has 0 aliphatic heterocycles. The highest BCUT2D eigenvalue weighted by molar-refractivity contribution is 5.96. The summed E-state index contributed by atoms with van der Waals surface area (Å²) in [7, 11) is 0. The van der Waals surface area contributed by atoms with Crippen molar-refractivity contribution >= 4 is 22.6 Å². The number of nitrogens with one attached hydrogen (secondary N) is 2. The van der Waals surface area contributed by atoms with Crippen molar-refractivity contribution in [2.24, 2.45) is 0 Å². The van der Waals surface area contributed by atoms with Crippen LogP contribution in [0.15, 0.2) is 58.1 Å². The second-order valence-corrected chi connectivity index (χ2v) is 6.88. The molecule has 0 unspecified atom stereocenters. The SMILES string of the molecule is CC[C@@H](C)n1c(=N)c(C(=O)NCc2ccco2)cc2c(=O)n3ccccc3nc21. The van der Waals surface area contributed by atoms with Crippen molar-refractivity contribution in [1.82, 2.24) is 19.3 Å². The smallest absolute Gasteiger partial charge is 0.267 e. The number of fused-ring (bicyclic) bond motifs is 2. The van der Waals surface area contributed by atoms with Gasteiger partial charge in [-0.25, -0.2) is 4.98 Å². The van der Waals surface area contributed by atoms with E-state index in [1.807, 2.05) is 13.8 Å². The monoisotopic (exact) mass is 391 g/mol. The molecule has 8 heteroatoms. The average molecular weight is 391 g/mol. The van der Waals surface area contributed by atoms with Gasteiger partial charge in [-0.1, -0.05) is 13.0 Å². The Hall–Kier alpha value is -3.68. The summed E-state index contributed by atoms with van der Waals surface area (Å²) in [6.45, 7) is 4.12. The van der Waals surface area contributed by atoms with E-state index in [4.69, 9.17) is 9.83 Å². The number of carbonyl (C=O) groups is 1. The first-order valence-corrected chi connectivity index (χ1v) is 9.43. The van der Waals surface area contributed by atoms with Crippen LogP contribution in [-0.4, -0.2) is 19.9 Å². The van der Waals surface area contributed by atoms with Gasteiger partial charge in [-0.3, -0.25) is 19.4 Å². The molecule has 0 saturated carbocycles. The van der Waals surface area contributed by atoms with Gasteiger partial charge in [0.2, 0.25) is 0 Å². The van der Waals surface area contributed by atoms with Gasteiger partial charge in [0.05, 0.1) is 23.8 Å². The third kappa shape index (κ3) is 3.22. The van der Waals surface area contributed by atoms with Crippen molar-refractivity contribution in [3.05, 3.63) is 76.0 Å². The molecule has 29 heavy (non-hydrogen) atoms. The number of furan rings is 1. The van der Waals surface area contributed by atoms with Gasteiger partial charge in [0.15, 0.2) is 0 Å². The predicted octanol–water partition coefficient (Wildman–Crippen LogP) is 2.62. The molecule has 0 saturated heterocycles. The minimum Gasteiger partial charge on any atom is -0.467 e. The van der Waals surface area contributed by atoms with Crippen molar-refractivity contribution in [1.29, 1.82) is 5.41 Å². The van der Waals surface area contributed by atoms with E-state index in [1.165, 1.54) is 16.7 Å². The highest BCUT2D eigenvalue weighted by Gasteiger charge is 2.19. The maximum atomic E-state index is 13.1. The molecule has 1 atom stereocenters. The zero-order valence-corrected chi connectivity index (χ0v) is 16.2. The standard InChI is InChI=1S/C21H21N5O3/c1-3-13(2)26-18(22)15(20(27)23-12-14-7-6-10-29-14)11-16-19(26)24-17-8-4-5-9-25(17)21(16)28/h4-11,13,22H,3,12H2,1-2H3,(H,23,27)/t13-/m1/s1. The fraction of sp³-hybridized carbons (Fsp3) is 0.238. The number of amides is 1. The number of aromatic nitrogens is 3. The maximum Gasteiger partial charge on any atom is 0.267 e. The van der Waals surface area contributed by atoms with E-state index in [2.05, 4.69) is 10.3 Å². The summed E-state index contributed by atoms with van der Waals surface area (Å²) in [6.07, 6.45) is 3.89. The number of nitrogens with zero attached hydrogens (tertiary/aromatic N) is 3. The summed E-state index contributed by atoms with van der Waals surface area (Å²) >= 11 is 0. The summed E-state index contributed by atoms with van der Waals surface area (Å²) < 4.78 is 8.34. The molecular formula is C21H21N5O3. The van der Waals surface area contributed by atoms with Gasteiger partial charge in [-0.05, 0) is 43.7 Å². The highest BCUT2D eigenvalue weighted by atomic mass is 16.3. The van der Waals surface area contributed by atoms with E-state index < -0.39 is 5.91 Å². The minimum atomic E-state index is -0.442. The van der Waals surface area contributed by atoms with E-state index in [1.54, 1.807) is 41.1 Å². The van der Waals surface area contributed by atoms with Crippen LogP contribution in [0.5, 0.6) is 0 Å². The Bertz CT molecular complexity index is 1320. The molecule has 4 rings (SSSR count). The van der Waals surface area contributed by atoms with E-state index in [9.17, 15) is 9.59 Å². The van der Waals surface area contributed by atoms with Crippen molar-refractivity contribution in [3.63, 3.8) is 0 Å². The van der Waals surface area contributed by atoms with Crippen LogP contribution in [-0.2, 0) is 6.54 Å². The summed E-state index contributed by atoms with van der Waals surface area (Å²) in [5.74, 6) is 0.163. The van der Waals surface area contributed by atoms with Gasteiger partial charge in [0.1, 0.15) is 22.5 Å². The first-order valence-electron chi connectivity index (χ1n) is 9.43. The second kappa shape index (κ2) is 7.38. The second-order valence-electron chi connectivity index (χ2n) is 6.88. The van der Waals surface area contributed by atoms with E-state index in [-0.39, 0.29) is 29.2 Å². The first-order chi connectivity index (χ1) is 14.0. The summed E-state index contributed by atoms with van der Waals surface area (Å²) in [5, 5.41) is 11.7. The molecule has 4 aromatic heterocycles. The Morgan fingerprint density at radius 3 is 2.86 bits per heavy atom. The molecule has 0 aromatic carbocycles. The van der Waals surface area contributed by atoms with E-state index in [0.717, 1.165) is 6.42 Å². The Labute approximate surface area is 165 Å². The van der Waals surface area contributed by atoms with Gasteiger partial charge in [-0.2, -0.15) is 0 Å². The molecule has 0 aliphatic carbocycles. The molecule has 2 N–H and O–H groups in total. The number of hydrogen-bond donors (Lipinski definition) is 2. The Kier molecular flexibility index (Phi) is 4.75. The maximum absolute atomic E-state index is 13.1. The molecule has 0 radical (unpaired) electrons. The quantitative estimate of drug-likeness (QED) is 0.510. The zero-order chi connectivity index (χ0) is 20.5. The van der Waals surface area contributed by atoms with Gasteiger partial charge < -0.3 is 14.3 Å². The van der Waals surface area contributed by atoms with Crippen LogP contribution in [0.4, 0.5) is 0 Å². The average Bonchev–Trinajstić information content (AvgIpc) is 3.25. The number of hydrogen-bond acceptors (Lipinski definition) is 5. The highest BCUT2D eigenvalue weighted by Crippen LogP contribution is 2.16. The summed E-state index contributed by atoms with van der Waals surface area (Å²) in [4.78, 5) is 30.5. The largest absolute Gasteiger partial charge is 0.467 e. The van der Waals surface area contributed by atoms with Crippen LogP contribution in [0.1, 0.15) is 42.4 Å². The van der Waals surface area contributed by atoms with Crippen molar-refractivity contribution in [3.8, 4) is 0 Å².